The number of hydrogen-bond donors (Lipinski definition) is 1. The van der Waals surface area contributed by atoms with Crippen molar-refractivity contribution in [3.05, 3.63) is 47.1 Å². The first-order valence-electron chi connectivity index (χ1n) is 12.5. The molecule has 0 saturated heterocycles. The Kier molecular flexibility index (Phi) is 7.96. The molecule has 0 aliphatic heterocycles. The first-order valence-corrected chi connectivity index (χ1v) is 12.5. The van der Waals surface area contributed by atoms with E-state index in [0.29, 0.717) is 17.4 Å². The summed E-state index contributed by atoms with van der Waals surface area (Å²) in [6, 6.07) is 0. The van der Waals surface area contributed by atoms with Gasteiger partial charge < -0.3 is 5.11 Å². The molecule has 2 nitrogen and oxygen atoms in total. The number of carbonyl (C=O) groups excluding carboxylic acids is 1. The number of Topliss-reactive ketones (excluding diaryl/α,β-unsaturated/α-hetero) is 1. The molecule has 2 fully saturated rings. The molecule has 5 atom stereocenters. The number of hydrogen-bond acceptors (Lipinski definition) is 2. The molecule has 5 unspecified atom stereocenters. The minimum Gasteiger partial charge on any atom is -0.386 e. The summed E-state index contributed by atoms with van der Waals surface area (Å²) in [6.45, 7) is 8.64. The van der Waals surface area contributed by atoms with Crippen LogP contribution in [-0.4, -0.2) is 28.8 Å². The van der Waals surface area contributed by atoms with E-state index in [9.17, 15) is 18.7 Å². The monoisotopic (exact) mass is 446 g/mol. The van der Waals surface area contributed by atoms with Crippen LogP contribution in [0.2, 0.25) is 0 Å². The summed E-state index contributed by atoms with van der Waals surface area (Å²) < 4.78 is 27.6. The molecular weight excluding hydrogens is 406 g/mol. The Hall–Kier alpha value is -1.55. The first kappa shape index (κ1) is 25.1. The molecule has 0 bridgehead atoms. The van der Waals surface area contributed by atoms with Crippen LogP contribution in [0.3, 0.4) is 0 Å². The van der Waals surface area contributed by atoms with Gasteiger partial charge in [0.1, 0.15) is 6.17 Å². The third-order valence-electron chi connectivity index (χ3n) is 8.29. The molecule has 0 radical (unpaired) electrons. The van der Waals surface area contributed by atoms with Crippen molar-refractivity contribution in [2.75, 3.05) is 0 Å². The summed E-state index contributed by atoms with van der Waals surface area (Å²) in [5.74, 6) is 0.245. The second-order valence-electron chi connectivity index (χ2n) is 10.4. The Labute approximate surface area is 192 Å². The highest BCUT2D eigenvalue weighted by molar-refractivity contribution is 5.99. The van der Waals surface area contributed by atoms with Crippen LogP contribution in [0, 0.1) is 17.3 Å². The highest BCUT2D eigenvalue weighted by Gasteiger charge is 2.45. The largest absolute Gasteiger partial charge is 0.386 e. The lowest BCUT2D eigenvalue weighted by Crippen LogP contribution is -2.32. The van der Waals surface area contributed by atoms with Crippen molar-refractivity contribution in [3.8, 4) is 0 Å². The predicted octanol–water partition coefficient (Wildman–Crippen LogP) is 7.15. The fourth-order valence-electron chi connectivity index (χ4n) is 6.03. The van der Waals surface area contributed by atoms with Crippen molar-refractivity contribution in [1.82, 2.24) is 0 Å². The zero-order valence-electron chi connectivity index (χ0n) is 20.2. The van der Waals surface area contributed by atoms with Crippen molar-refractivity contribution >= 4 is 5.78 Å². The third-order valence-corrected chi connectivity index (χ3v) is 8.29. The first-order chi connectivity index (χ1) is 15.1. The van der Waals surface area contributed by atoms with Crippen molar-refractivity contribution in [1.29, 1.82) is 0 Å². The summed E-state index contributed by atoms with van der Waals surface area (Å²) in [6.07, 6.45) is 13.4. The molecule has 3 aliphatic rings. The number of aliphatic hydroxyl groups is 1. The van der Waals surface area contributed by atoms with Crippen LogP contribution in [0.1, 0.15) is 85.5 Å². The van der Waals surface area contributed by atoms with E-state index in [1.165, 1.54) is 11.1 Å². The average molecular weight is 447 g/mol. The Morgan fingerprint density at radius 1 is 1.28 bits per heavy atom. The molecular formula is C28H40F2O2. The van der Waals surface area contributed by atoms with Crippen LogP contribution in [-0.2, 0) is 4.79 Å². The van der Waals surface area contributed by atoms with Gasteiger partial charge in [0.25, 0.3) is 0 Å². The highest BCUT2D eigenvalue weighted by Crippen LogP contribution is 2.56. The number of ketones is 1. The minimum atomic E-state index is -1.70. The Balaban J connectivity index is 1.73. The van der Waals surface area contributed by atoms with Gasteiger partial charge in [0, 0.05) is 18.4 Å². The molecule has 0 heterocycles. The Morgan fingerprint density at radius 2 is 2.00 bits per heavy atom. The quantitative estimate of drug-likeness (QED) is 0.333. The van der Waals surface area contributed by atoms with Crippen LogP contribution in [0.15, 0.2) is 47.1 Å². The van der Waals surface area contributed by atoms with Crippen molar-refractivity contribution < 1.29 is 18.7 Å². The molecule has 4 heteroatoms. The van der Waals surface area contributed by atoms with Crippen molar-refractivity contribution in [2.24, 2.45) is 17.3 Å². The molecule has 3 rings (SSSR count). The summed E-state index contributed by atoms with van der Waals surface area (Å²) in [5.41, 5.74) is 2.46. The van der Waals surface area contributed by atoms with Crippen LogP contribution < -0.4 is 0 Å². The standard InChI is InChI=1S/C28H40F2O2/c1-5-28(32,6-2)16-7-9-19(3)23-13-14-24-20(10-8-15-27(23,24)4)11-12-21-17-22(29)18-25(30)26(21)31/h7,11-13,16,19,22,24-25,32H,5-6,8-10,14-15,17-18H2,1-4H3/b16-7+,20-11+,21-12-. The van der Waals surface area contributed by atoms with E-state index in [1.54, 1.807) is 6.08 Å². The van der Waals surface area contributed by atoms with Gasteiger partial charge in [-0.25, -0.2) is 8.78 Å². The zero-order chi connectivity index (χ0) is 23.5. The lowest BCUT2D eigenvalue weighted by atomic mass is 9.62. The molecule has 0 spiro atoms. The third kappa shape index (κ3) is 5.16. The lowest BCUT2D eigenvalue weighted by Gasteiger charge is -2.42. The fraction of sp³-hybridized carbons (Fsp3) is 0.679. The van der Waals surface area contributed by atoms with E-state index in [1.807, 2.05) is 26.0 Å². The molecule has 2 saturated carbocycles. The van der Waals surface area contributed by atoms with Gasteiger partial charge in [-0.3, -0.25) is 4.79 Å². The number of carbonyl (C=O) groups is 1. The maximum absolute atomic E-state index is 13.8. The molecule has 0 aromatic rings. The number of allylic oxidation sites excluding steroid dienone is 7. The normalized spacial score (nSPS) is 34.9. The van der Waals surface area contributed by atoms with Gasteiger partial charge in [0.2, 0.25) is 0 Å². The van der Waals surface area contributed by atoms with E-state index in [-0.39, 0.29) is 18.3 Å². The van der Waals surface area contributed by atoms with Gasteiger partial charge in [0.15, 0.2) is 12.0 Å². The Bertz CT molecular complexity index is 817. The summed E-state index contributed by atoms with van der Waals surface area (Å²) >= 11 is 0. The van der Waals surface area contributed by atoms with Gasteiger partial charge in [-0.05, 0) is 62.2 Å². The predicted molar refractivity (Wildman–Crippen MR) is 127 cm³/mol. The summed E-state index contributed by atoms with van der Waals surface area (Å²) in [4.78, 5) is 12.1. The second-order valence-corrected chi connectivity index (χ2v) is 10.4. The van der Waals surface area contributed by atoms with Gasteiger partial charge in [-0.15, -0.1) is 0 Å². The average Bonchev–Trinajstić information content (AvgIpc) is 3.12. The number of alkyl halides is 2. The lowest BCUT2D eigenvalue weighted by molar-refractivity contribution is -0.122. The van der Waals surface area contributed by atoms with E-state index in [4.69, 9.17) is 0 Å². The van der Waals surface area contributed by atoms with E-state index in [0.717, 1.165) is 44.9 Å². The smallest absolute Gasteiger partial charge is 0.193 e. The van der Waals surface area contributed by atoms with Gasteiger partial charge in [-0.2, -0.15) is 0 Å². The number of rotatable bonds is 7. The molecule has 0 amide bonds. The molecule has 0 aromatic heterocycles. The van der Waals surface area contributed by atoms with Gasteiger partial charge in [0.05, 0.1) is 5.60 Å². The fourth-order valence-corrected chi connectivity index (χ4v) is 6.03. The van der Waals surface area contributed by atoms with Gasteiger partial charge in [-0.1, -0.05) is 69.2 Å². The molecule has 178 valence electrons. The summed E-state index contributed by atoms with van der Waals surface area (Å²) in [7, 11) is 0. The van der Waals surface area contributed by atoms with Crippen LogP contribution in [0.4, 0.5) is 8.78 Å². The zero-order valence-corrected chi connectivity index (χ0v) is 20.2. The van der Waals surface area contributed by atoms with Gasteiger partial charge >= 0.3 is 0 Å². The maximum atomic E-state index is 13.8. The van der Waals surface area contributed by atoms with Crippen LogP contribution >= 0.6 is 0 Å². The SMILES string of the molecule is CCC(O)(/C=C/CC(C)C1=CCC2/C(=C/C=C3/CC(F)CC(F)C3=O)CCCC12C)CC. The minimum absolute atomic E-state index is 0.0275. The number of fused-ring (bicyclic) bond motifs is 1. The maximum Gasteiger partial charge on any atom is 0.193 e. The molecule has 0 aromatic carbocycles. The molecule has 1 N–H and O–H groups in total. The van der Waals surface area contributed by atoms with Crippen molar-refractivity contribution in [3.63, 3.8) is 0 Å². The second kappa shape index (κ2) is 10.2. The van der Waals surface area contributed by atoms with E-state index < -0.39 is 23.7 Å². The number of halogens is 2. The van der Waals surface area contributed by atoms with Crippen molar-refractivity contribution in [2.45, 2.75) is 103 Å². The topological polar surface area (TPSA) is 37.3 Å². The van der Waals surface area contributed by atoms with Crippen LogP contribution in [0.5, 0.6) is 0 Å². The highest BCUT2D eigenvalue weighted by atomic mass is 19.1. The van der Waals surface area contributed by atoms with E-state index >= 15 is 0 Å². The Morgan fingerprint density at radius 3 is 2.69 bits per heavy atom. The summed E-state index contributed by atoms with van der Waals surface area (Å²) in [5, 5.41) is 10.5. The molecule has 3 aliphatic carbocycles. The van der Waals surface area contributed by atoms with Crippen LogP contribution in [0.25, 0.3) is 0 Å². The molecule has 32 heavy (non-hydrogen) atoms. The van der Waals surface area contributed by atoms with E-state index in [2.05, 4.69) is 26.0 Å².